The molecule has 2 rings (SSSR count). The summed E-state index contributed by atoms with van der Waals surface area (Å²) in [5.41, 5.74) is 2.13. The summed E-state index contributed by atoms with van der Waals surface area (Å²) < 4.78 is 0. The number of amides is 1. The number of aryl methyl sites for hydroxylation is 1. The number of carbonyl (C=O) groups is 1. The Labute approximate surface area is 111 Å². The number of carbonyl (C=O) groups excluding carboxylic acids is 1. The molecule has 0 saturated heterocycles. The average molecular weight is 257 g/mol. The second-order valence-electron chi connectivity index (χ2n) is 4.42. The van der Waals surface area contributed by atoms with Crippen LogP contribution in [0.3, 0.4) is 0 Å². The first-order valence-electron chi connectivity index (χ1n) is 5.88. The van der Waals surface area contributed by atoms with Crippen molar-refractivity contribution in [1.29, 1.82) is 0 Å². The maximum Gasteiger partial charge on any atom is 0.256 e. The lowest BCUT2D eigenvalue weighted by atomic mass is 10.1. The first-order valence-corrected chi connectivity index (χ1v) is 5.88. The molecular weight excluding hydrogens is 242 g/mol. The highest BCUT2D eigenvalue weighted by atomic mass is 16.3. The van der Waals surface area contributed by atoms with Gasteiger partial charge in [-0.1, -0.05) is 12.1 Å². The largest absolute Gasteiger partial charge is 0.508 e. The first kappa shape index (κ1) is 13.0. The average Bonchev–Trinajstić information content (AvgIpc) is 2.36. The molecule has 2 aromatic carbocycles. The van der Waals surface area contributed by atoms with Crippen molar-refractivity contribution in [2.24, 2.45) is 0 Å². The molecule has 19 heavy (non-hydrogen) atoms. The molecule has 0 fully saturated rings. The fourth-order valence-electron chi connectivity index (χ4n) is 1.81. The molecule has 0 aliphatic carbocycles. The maximum atomic E-state index is 12.1. The van der Waals surface area contributed by atoms with E-state index in [4.69, 9.17) is 0 Å². The topological polar surface area (TPSA) is 69.6 Å². The van der Waals surface area contributed by atoms with Gasteiger partial charge >= 0.3 is 0 Å². The minimum absolute atomic E-state index is 0.0196. The van der Waals surface area contributed by atoms with Gasteiger partial charge in [0.2, 0.25) is 0 Å². The quantitative estimate of drug-likeness (QED) is 0.724. The predicted octanol–water partition coefficient (Wildman–Crippen LogP) is 2.97. The Kier molecular flexibility index (Phi) is 3.42. The molecule has 2 aromatic rings. The molecule has 0 aliphatic rings. The fraction of sp³-hybridized carbons (Fsp3) is 0.133. The van der Waals surface area contributed by atoms with Gasteiger partial charge in [-0.05, 0) is 43.7 Å². The zero-order chi connectivity index (χ0) is 14.0. The molecule has 0 radical (unpaired) electrons. The van der Waals surface area contributed by atoms with Crippen LogP contribution in [-0.2, 0) is 0 Å². The molecule has 0 aromatic heterocycles. The van der Waals surface area contributed by atoms with Crippen molar-refractivity contribution in [3.8, 4) is 11.5 Å². The number of benzene rings is 2. The van der Waals surface area contributed by atoms with Gasteiger partial charge in [-0.2, -0.15) is 0 Å². The van der Waals surface area contributed by atoms with E-state index in [9.17, 15) is 15.0 Å². The van der Waals surface area contributed by atoms with Crippen LogP contribution in [0.2, 0.25) is 0 Å². The van der Waals surface area contributed by atoms with Crippen molar-refractivity contribution in [2.75, 3.05) is 5.32 Å². The zero-order valence-electron chi connectivity index (χ0n) is 10.8. The highest BCUT2D eigenvalue weighted by molar-refractivity contribution is 6.06. The zero-order valence-corrected chi connectivity index (χ0v) is 10.8. The minimum atomic E-state index is -0.368. The normalized spacial score (nSPS) is 10.2. The standard InChI is InChI=1S/C15H15NO3/c1-9-6-7-12(14(18)8-9)16-15(19)11-4-3-5-13(17)10(11)2/h3-8,17-18H,1-2H3,(H,16,19). The molecule has 0 atom stereocenters. The van der Waals surface area contributed by atoms with E-state index in [1.807, 2.05) is 6.92 Å². The van der Waals surface area contributed by atoms with Crippen LogP contribution in [0.15, 0.2) is 36.4 Å². The van der Waals surface area contributed by atoms with Gasteiger partial charge in [0.1, 0.15) is 11.5 Å². The number of rotatable bonds is 2. The smallest absolute Gasteiger partial charge is 0.256 e. The van der Waals surface area contributed by atoms with E-state index in [0.717, 1.165) is 5.56 Å². The van der Waals surface area contributed by atoms with Gasteiger partial charge in [0, 0.05) is 11.1 Å². The summed E-state index contributed by atoms with van der Waals surface area (Å²) in [4.78, 5) is 12.1. The fourth-order valence-corrected chi connectivity index (χ4v) is 1.81. The van der Waals surface area contributed by atoms with Gasteiger partial charge in [-0.3, -0.25) is 4.79 Å². The van der Waals surface area contributed by atoms with Crippen LogP contribution in [-0.4, -0.2) is 16.1 Å². The Balaban J connectivity index is 2.28. The Bertz CT molecular complexity index is 635. The van der Waals surface area contributed by atoms with Gasteiger partial charge in [0.15, 0.2) is 0 Å². The van der Waals surface area contributed by atoms with Gasteiger partial charge in [-0.15, -0.1) is 0 Å². The Morgan fingerprint density at radius 2 is 1.79 bits per heavy atom. The molecule has 1 amide bonds. The van der Waals surface area contributed by atoms with E-state index in [0.29, 0.717) is 16.8 Å². The molecule has 0 bridgehead atoms. The Morgan fingerprint density at radius 1 is 1.05 bits per heavy atom. The second-order valence-corrected chi connectivity index (χ2v) is 4.42. The highest BCUT2D eigenvalue weighted by Crippen LogP contribution is 2.26. The van der Waals surface area contributed by atoms with Crippen molar-refractivity contribution in [3.05, 3.63) is 53.1 Å². The third kappa shape index (κ3) is 2.68. The number of phenolic OH excluding ortho intramolecular Hbond substituents is 2. The molecule has 4 heteroatoms. The molecule has 0 saturated carbocycles. The van der Waals surface area contributed by atoms with E-state index in [1.165, 1.54) is 6.07 Å². The number of hydrogen-bond acceptors (Lipinski definition) is 3. The first-order chi connectivity index (χ1) is 8.99. The molecule has 4 nitrogen and oxygen atoms in total. The van der Waals surface area contributed by atoms with E-state index >= 15 is 0 Å². The molecule has 0 heterocycles. The second kappa shape index (κ2) is 5.02. The van der Waals surface area contributed by atoms with Gasteiger partial charge in [-0.25, -0.2) is 0 Å². The SMILES string of the molecule is Cc1ccc(NC(=O)c2cccc(O)c2C)c(O)c1. The van der Waals surface area contributed by atoms with Crippen molar-refractivity contribution in [1.82, 2.24) is 0 Å². The summed E-state index contributed by atoms with van der Waals surface area (Å²) in [5.74, 6) is -0.278. The van der Waals surface area contributed by atoms with Crippen LogP contribution < -0.4 is 5.32 Å². The van der Waals surface area contributed by atoms with Crippen LogP contribution >= 0.6 is 0 Å². The van der Waals surface area contributed by atoms with Gasteiger partial charge < -0.3 is 15.5 Å². The summed E-state index contributed by atoms with van der Waals surface area (Å²) in [5, 5.41) is 21.9. The summed E-state index contributed by atoms with van der Waals surface area (Å²) in [6, 6.07) is 9.76. The van der Waals surface area contributed by atoms with E-state index in [2.05, 4.69) is 5.32 Å². The van der Waals surface area contributed by atoms with E-state index in [-0.39, 0.29) is 17.4 Å². The molecule has 3 N–H and O–H groups in total. The van der Waals surface area contributed by atoms with Crippen molar-refractivity contribution in [3.63, 3.8) is 0 Å². The molecular formula is C15H15NO3. The van der Waals surface area contributed by atoms with E-state index in [1.54, 1.807) is 37.3 Å². The maximum absolute atomic E-state index is 12.1. The van der Waals surface area contributed by atoms with Crippen molar-refractivity contribution in [2.45, 2.75) is 13.8 Å². The summed E-state index contributed by atoms with van der Waals surface area (Å²) >= 11 is 0. The molecule has 98 valence electrons. The summed E-state index contributed by atoms with van der Waals surface area (Å²) in [6.45, 7) is 3.52. The summed E-state index contributed by atoms with van der Waals surface area (Å²) in [6.07, 6.45) is 0. The summed E-state index contributed by atoms with van der Waals surface area (Å²) in [7, 11) is 0. The van der Waals surface area contributed by atoms with Gasteiger partial charge in [0.05, 0.1) is 5.69 Å². The van der Waals surface area contributed by atoms with Gasteiger partial charge in [0.25, 0.3) is 5.91 Å². The van der Waals surface area contributed by atoms with Crippen molar-refractivity contribution >= 4 is 11.6 Å². The van der Waals surface area contributed by atoms with Crippen molar-refractivity contribution < 1.29 is 15.0 Å². The lowest BCUT2D eigenvalue weighted by molar-refractivity contribution is 0.102. The highest BCUT2D eigenvalue weighted by Gasteiger charge is 2.13. The number of anilines is 1. The number of hydrogen-bond donors (Lipinski definition) is 3. The Morgan fingerprint density at radius 3 is 2.47 bits per heavy atom. The monoisotopic (exact) mass is 257 g/mol. The number of aromatic hydroxyl groups is 2. The molecule has 0 spiro atoms. The van der Waals surface area contributed by atoms with Crippen LogP contribution in [0.25, 0.3) is 0 Å². The molecule has 0 unspecified atom stereocenters. The van der Waals surface area contributed by atoms with Crippen LogP contribution in [0.4, 0.5) is 5.69 Å². The lowest BCUT2D eigenvalue weighted by Crippen LogP contribution is -2.13. The van der Waals surface area contributed by atoms with Crippen LogP contribution in [0.5, 0.6) is 11.5 Å². The third-order valence-electron chi connectivity index (χ3n) is 2.95. The molecule has 0 aliphatic heterocycles. The number of phenols is 2. The van der Waals surface area contributed by atoms with Crippen LogP contribution in [0.1, 0.15) is 21.5 Å². The lowest BCUT2D eigenvalue weighted by Gasteiger charge is -2.10. The van der Waals surface area contributed by atoms with E-state index < -0.39 is 0 Å². The Hall–Kier alpha value is -2.49. The predicted molar refractivity (Wildman–Crippen MR) is 73.6 cm³/mol. The third-order valence-corrected chi connectivity index (χ3v) is 2.95. The number of nitrogens with one attached hydrogen (secondary N) is 1. The minimum Gasteiger partial charge on any atom is -0.508 e. The van der Waals surface area contributed by atoms with Crippen LogP contribution in [0, 0.1) is 13.8 Å².